The number of benzene rings is 1. The van der Waals surface area contributed by atoms with E-state index in [9.17, 15) is 9.18 Å². The van der Waals surface area contributed by atoms with Crippen LogP contribution in [-0.4, -0.2) is 30.6 Å². The predicted molar refractivity (Wildman–Crippen MR) is 87.0 cm³/mol. The van der Waals surface area contributed by atoms with Crippen LogP contribution in [0.1, 0.15) is 10.4 Å². The largest absolute Gasteiger partial charge is 0.383 e. The molecule has 1 unspecified atom stereocenters. The molecule has 0 bridgehead atoms. The number of anilines is 1. The maximum atomic E-state index is 13.6. The number of ether oxygens (including phenoxy) is 1. The molecule has 0 aliphatic rings. The first kappa shape index (κ1) is 18.5. The number of carbonyl (C=O) groups is 1. The molecule has 0 saturated carbocycles. The van der Waals surface area contributed by atoms with E-state index in [2.05, 4.69) is 10.3 Å². The normalized spacial score (nSPS) is 11.6. The Labute approximate surface area is 138 Å². The molecule has 8 heteroatoms. The Kier molecular flexibility index (Phi) is 7.40. The van der Waals surface area contributed by atoms with Crippen molar-refractivity contribution in [3.63, 3.8) is 0 Å². The van der Waals surface area contributed by atoms with E-state index in [0.29, 0.717) is 17.1 Å². The lowest BCUT2D eigenvalue weighted by Crippen LogP contribution is -2.39. The number of halogens is 2. The van der Waals surface area contributed by atoms with Crippen LogP contribution in [0.25, 0.3) is 0 Å². The fourth-order valence-electron chi connectivity index (χ4n) is 1.73. The maximum Gasteiger partial charge on any atom is 0.245 e. The third-order valence-corrected chi connectivity index (χ3v) is 3.70. The van der Waals surface area contributed by atoms with Gasteiger partial charge < -0.3 is 15.8 Å². The number of nitrogens with zero attached hydrogens (tertiary/aromatic N) is 1. The molecule has 1 aromatic carbocycles. The second kappa shape index (κ2) is 8.79. The van der Waals surface area contributed by atoms with Gasteiger partial charge in [-0.3, -0.25) is 4.79 Å². The molecule has 0 fully saturated rings. The second-order valence-corrected chi connectivity index (χ2v) is 5.57. The van der Waals surface area contributed by atoms with Crippen molar-refractivity contribution in [1.29, 1.82) is 0 Å². The zero-order valence-corrected chi connectivity index (χ0v) is 13.5. The van der Waals surface area contributed by atoms with Crippen LogP contribution in [-0.2, 0) is 16.0 Å². The summed E-state index contributed by atoms with van der Waals surface area (Å²) in [6.45, 7) is 0.138. The quantitative estimate of drug-likeness (QED) is 0.841. The molecule has 5 nitrogen and oxygen atoms in total. The van der Waals surface area contributed by atoms with E-state index < -0.39 is 6.04 Å². The summed E-state index contributed by atoms with van der Waals surface area (Å²) < 4.78 is 18.4. The van der Waals surface area contributed by atoms with Gasteiger partial charge in [-0.1, -0.05) is 18.2 Å². The molecule has 0 aliphatic carbocycles. The Bertz CT molecular complexity index is 624. The van der Waals surface area contributed by atoms with Gasteiger partial charge in [-0.05, 0) is 11.6 Å². The molecule has 1 atom stereocenters. The summed E-state index contributed by atoms with van der Waals surface area (Å²) in [5, 5.41) is 3.06. The van der Waals surface area contributed by atoms with E-state index in [-0.39, 0.29) is 30.7 Å². The summed E-state index contributed by atoms with van der Waals surface area (Å²) in [4.78, 5) is 16.7. The fraction of sp³-hybridized carbons (Fsp3) is 0.286. The smallest absolute Gasteiger partial charge is 0.245 e. The van der Waals surface area contributed by atoms with E-state index in [0.717, 1.165) is 4.88 Å². The average molecular weight is 346 g/mol. The first-order valence-electron chi connectivity index (χ1n) is 6.33. The summed E-state index contributed by atoms with van der Waals surface area (Å²) in [7, 11) is 1.48. The molecule has 2 rings (SSSR count). The molecule has 1 heterocycles. The van der Waals surface area contributed by atoms with Crippen LogP contribution in [0.5, 0.6) is 0 Å². The summed E-state index contributed by atoms with van der Waals surface area (Å²) in [6.07, 6.45) is 2.05. The standard InChI is InChI=1S/C14H16FN3O2S.ClH/c1-20-8-12(16)13(19)18-14-17-7-10(21-14)6-9-4-2-3-5-11(9)15;/h2-5,7,12H,6,8,16H2,1H3,(H,17,18,19);1H. The van der Waals surface area contributed by atoms with Crippen molar-refractivity contribution in [2.75, 3.05) is 19.0 Å². The SMILES string of the molecule is COCC(N)C(=O)Nc1ncc(Cc2ccccc2F)s1.Cl. The number of amides is 1. The van der Waals surface area contributed by atoms with Gasteiger partial charge in [0.05, 0.1) is 6.61 Å². The number of hydrogen-bond donors (Lipinski definition) is 2. The van der Waals surface area contributed by atoms with Crippen LogP contribution >= 0.6 is 23.7 Å². The first-order valence-corrected chi connectivity index (χ1v) is 7.15. The highest BCUT2D eigenvalue weighted by Crippen LogP contribution is 2.22. The zero-order valence-electron chi connectivity index (χ0n) is 11.9. The molecule has 2 aromatic rings. The van der Waals surface area contributed by atoms with Crippen LogP contribution in [0.2, 0.25) is 0 Å². The second-order valence-electron chi connectivity index (χ2n) is 4.45. The molecular formula is C14H17ClFN3O2S. The van der Waals surface area contributed by atoms with Gasteiger partial charge in [0.25, 0.3) is 0 Å². The summed E-state index contributed by atoms with van der Waals surface area (Å²) in [6, 6.07) is 5.83. The van der Waals surface area contributed by atoms with E-state index in [1.165, 1.54) is 24.5 Å². The van der Waals surface area contributed by atoms with Crippen molar-refractivity contribution in [3.05, 3.63) is 46.7 Å². The topological polar surface area (TPSA) is 77.2 Å². The van der Waals surface area contributed by atoms with Crippen molar-refractivity contribution >= 4 is 34.8 Å². The van der Waals surface area contributed by atoms with Crippen LogP contribution < -0.4 is 11.1 Å². The van der Waals surface area contributed by atoms with Crippen LogP contribution in [0, 0.1) is 5.82 Å². The van der Waals surface area contributed by atoms with E-state index >= 15 is 0 Å². The lowest BCUT2D eigenvalue weighted by Gasteiger charge is -2.08. The van der Waals surface area contributed by atoms with Gasteiger partial charge in [0.1, 0.15) is 11.9 Å². The van der Waals surface area contributed by atoms with Gasteiger partial charge >= 0.3 is 0 Å². The summed E-state index contributed by atoms with van der Waals surface area (Å²) in [5.74, 6) is -0.609. The van der Waals surface area contributed by atoms with Crippen LogP contribution in [0.4, 0.5) is 9.52 Å². The van der Waals surface area contributed by atoms with Gasteiger partial charge in [-0.25, -0.2) is 9.37 Å². The number of thiazole rings is 1. The van der Waals surface area contributed by atoms with Gasteiger partial charge in [-0.15, -0.1) is 23.7 Å². The Balaban J connectivity index is 0.00000242. The van der Waals surface area contributed by atoms with Crippen LogP contribution in [0.3, 0.4) is 0 Å². The highest BCUT2D eigenvalue weighted by molar-refractivity contribution is 7.15. The lowest BCUT2D eigenvalue weighted by atomic mass is 10.1. The minimum absolute atomic E-state index is 0. The van der Waals surface area contributed by atoms with E-state index in [1.54, 1.807) is 24.4 Å². The van der Waals surface area contributed by atoms with Gasteiger partial charge in [0, 0.05) is 24.6 Å². The third kappa shape index (κ3) is 5.03. The molecule has 0 saturated heterocycles. The number of nitrogens with one attached hydrogen (secondary N) is 1. The monoisotopic (exact) mass is 345 g/mol. The number of rotatable bonds is 6. The molecule has 0 aliphatic heterocycles. The number of methoxy groups -OCH3 is 1. The number of aromatic nitrogens is 1. The van der Waals surface area contributed by atoms with Crippen molar-refractivity contribution in [1.82, 2.24) is 4.98 Å². The lowest BCUT2D eigenvalue weighted by molar-refractivity contribution is -0.118. The van der Waals surface area contributed by atoms with E-state index in [1.807, 2.05) is 0 Å². The van der Waals surface area contributed by atoms with Gasteiger partial charge in [-0.2, -0.15) is 0 Å². The maximum absolute atomic E-state index is 13.6. The Morgan fingerprint density at radius 2 is 2.23 bits per heavy atom. The molecule has 1 aromatic heterocycles. The minimum Gasteiger partial charge on any atom is -0.383 e. The number of hydrogen-bond acceptors (Lipinski definition) is 5. The molecular weight excluding hydrogens is 329 g/mol. The first-order chi connectivity index (χ1) is 10.1. The number of carbonyl (C=O) groups excluding carboxylic acids is 1. The molecule has 0 radical (unpaired) electrons. The predicted octanol–water partition coefficient (Wildman–Crippen LogP) is 2.21. The molecule has 22 heavy (non-hydrogen) atoms. The molecule has 1 amide bonds. The summed E-state index contributed by atoms with van der Waals surface area (Å²) >= 11 is 1.29. The molecule has 3 N–H and O–H groups in total. The Morgan fingerprint density at radius 1 is 1.50 bits per heavy atom. The third-order valence-electron chi connectivity index (χ3n) is 2.79. The highest BCUT2D eigenvalue weighted by Gasteiger charge is 2.15. The van der Waals surface area contributed by atoms with Crippen LogP contribution in [0.15, 0.2) is 30.5 Å². The average Bonchev–Trinajstić information content (AvgIpc) is 2.89. The van der Waals surface area contributed by atoms with Gasteiger partial charge in [0.15, 0.2) is 5.13 Å². The van der Waals surface area contributed by atoms with Crippen molar-refractivity contribution in [3.8, 4) is 0 Å². The summed E-state index contributed by atoms with van der Waals surface area (Å²) in [5.41, 5.74) is 6.21. The number of nitrogens with two attached hydrogens (primary N) is 1. The van der Waals surface area contributed by atoms with Gasteiger partial charge in [0.2, 0.25) is 5.91 Å². The van der Waals surface area contributed by atoms with Crippen molar-refractivity contribution in [2.24, 2.45) is 5.73 Å². The fourth-order valence-corrected chi connectivity index (χ4v) is 2.57. The molecule has 120 valence electrons. The molecule has 0 spiro atoms. The Morgan fingerprint density at radius 3 is 2.91 bits per heavy atom. The highest BCUT2D eigenvalue weighted by atomic mass is 35.5. The van der Waals surface area contributed by atoms with Crippen molar-refractivity contribution in [2.45, 2.75) is 12.5 Å². The minimum atomic E-state index is -0.742. The Hall–Kier alpha value is -1.54. The zero-order chi connectivity index (χ0) is 15.2. The van der Waals surface area contributed by atoms with E-state index in [4.69, 9.17) is 10.5 Å². The van der Waals surface area contributed by atoms with Crippen molar-refractivity contribution < 1.29 is 13.9 Å².